The third-order valence-corrected chi connectivity index (χ3v) is 3.32. The number of ether oxygens (including phenoxy) is 2. The maximum Gasteiger partial charge on any atom is 0.206 e. The van der Waals surface area contributed by atoms with E-state index in [0.29, 0.717) is 6.04 Å². The van der Waals surface area contributed by atoms with Crippen LogP contribution in [0.5, 0.6) is 0 Å². The normalized spacial score (nSPS) is 13.3. The van der Waals surface area contributed by atoms with E-state index in [4.69, 9.17) is 9.47 Å². The van der Waals surface area contributed by atoms with Crippen LogP contribution < -0.4 is 5.32 Å². The van der Waals surface area contributed by atoms with Crippen LogP contribution in [-0.2, 0) is 9.47 Å². The zero-order chi connectivity index (χ0) is 13.0. The number of nitrogens with one attached hydrogen (secondary N) is 1. The molecule has 0 aliphatic carbocycles. The predicted octanol–water partition coefficient (Wildman–Crippen LogP) is 1.41. The molecule has 2 rings (SSSR count). The number of para-hydroxylation sites is 1. The van der Waals surface area contributed by atoms with Crippen molar-refractivity contribution in [3.8, 4) is 0 Å². The van der Waals surface area contributed by atoms with Crippen molar-refractivity contribution in [1.82, 2.24) is 4.98 Å². The van der Waals surface area contributed by atoms with E-state index in [1.54, 1.807) is 14.2 Å². The van der Waals surface area contributed by atoms with Gasteiger partial charge in [-0.2, -0.15) is 0 Å². The number of benzene rings is 1. The molecule has 0 amide bonds. The molecule has 0 aliphatic rings. The highest BCUT2D eigenvalue weighted by molar-refractivity contribution is 5.83. The number of methoxy groups -OCH3 is 2. The average Bonchev–Trinajstić information content (AvgIpc) is 2.83. The number of aromatic amines is 1. The lowest BCUT2D eigenvalue weighted by molar-refractivity contribution is -0.703. The van der Waals surface area contributed by atoms with E-state index in [9.17, 15) is 0 Å². The number of hydrogen-bond donors (Lipinski definition) is 2. The molecule has 4 heteroatoms. The van der Waals surface area contributed by atoms with E-state index in [-0.39, 0.29) is 6.29 Å². The number of nitrogens with two attached hydrogens (primary N) is 1. The number of quaternary nitrogens is 1. The molecule has 1 heterocycles. The molecule has 0 saturated carbocycles. The topological polar surface area (TPSA) is 50.9 Å². The molecule has 0 unspecified atom stereocenters. The molecule has 0 saturated heterocycles. The standard InChI is InChI=1S/C14H20N2O2/c1-10(15-9-14(17-2)18-3)12-8-16-13-7-5-4-6-11(12)13/h4-8,10,14-16H,9H2,1-3H3/p+1/t10-/m1/s1. The van der Waals surface area contributed by atoms with Crippen LogP contribution in [-0.4, -0.2) is 32.0 Å². The van der Waals surface area contributed by atoms with Gasteiger partial charge in [0, 0.05) is 36.9 Å². The van der Waals surface area contributed by atoms with Crippen LogP contribution in [0.2, 0.25) is 0 Å². The van der Waals surface area contributed by atoms with Crippen molar-refractivity contribution in [1.29, 1.82) is 0 Å². The fraction of sp³-hybridized carbons (Fsp3) is 0.429. The summed E-state index contributed by atoms with van der Waals surface area (Å²) in [5.74, 6) is 0. The SMILES string of the molecule is COC(C[NH2+][C@H](C)c1c[nH]c2ccccc12)OC. The molecule has 1 aromatic carbocycles. The Morgan fingerprint density at radius 2 is 1.94 bits per heavy atom. The van der Waals surface area contributed by atoms with E-state index >= 15 is 0 Å². The predicted molar refractivity (Wildman–Crippen MR) is 71.3 cm³/mol. The van der Waals surface area contributed by atoms with Crippen molar-refractivity contribution < 1.29 is 14.8 Å². The molecule has 1 aromatic heterocycles. The largest absolute Gasteiger partial charge is 0.361 e. The second kappa shape index (κ2) is 6.00. The number of aromatic nitrogens is 1. The summed E-state index contributed by atoms with van der Waals surface area (Å²) in [6.45, 7) is 2.98. The van der Waals surface area contributed by atoms with Crippen LogP contribution in [0.3, 0.4) is 0 Å². The van der Waals surface area contributed by atoms with Crippen molar-refractivity contribution >= 4 is 10.9 Å². The molecule has 18 heavy (non-hydrogen) atoms. The highest BCUT2D eigenvalue weighted by atomic mass is 16.7. The average molecular weight is 249 g/mol. The van der Waals surface area contributed by atoms with Gasteiger partial charge in [0.1, 0.15) is 12.6 Å². The first kappa shape index (κ1) is 13.1. The maximum absolute atomic E-state index is 5.19. The van der Waals surface area contributed by atoms with Crippen molar-refractivity contribution in [3.63, 3.8) is 0 Å². The second-order valence-electron chi connectivity index (χ2n) is 4.45. The lowest BCUT2D eigenvalue weighted by Crippen LogP contribution is -2.86. The third-order valence-electron chi connectivity index (χ3n) is 3.32. The van der Waals surface area contributed by atoms with E-state index in [1.165, 1.54) is 16.5 Å². The van der Waals surface area contributed by atoms with Gasteiger partial charge in [-0.1, -0.05) is 18.2 Å². The van der Waals surface area contributed by atoms with E-state index in [1.807, 2.05) is 6.07 Å². The Labute approximate surface area is 107 Å². The van der Waals surface area contributed by atoms with Crippen molar-refractivity contribution in [2.75, 3.05) is 20.8 Å². The van der Waals surface area contributed by atoms with Gasteiger partial charge in [-0.05, 0) is 13.0 Å². The van der Waals surface area contributed by atoms with Gasteiger partial charge in [-0.25, -0.2) is 0 Å². The summed E-state index contributed by atoms with van der Waals surface area (Å²) >= 11 is 0. The Balaban J connectivity index is 2.07. The van der Waals surface area contributed by atoms with Gasteiger partial charge in [-0.15, -0.1) is 0 Å². The number of H-pyrrole nitrogens is 1. The summed E-state index contributed by atoms with van der Waals surface area (Å²) in [7, 11) is 3.33. The van der Waals surface area contributed by atoms with Crippen LogP contribution in [0.15, 0.2) is 30.5 Å². The highest BCUT2D eigenvalue weighted by Gasteiger charge is 2.16. The Morgan fingerprint density at radius 1 is 1.22 bits per heavy atom. The van der Waals surface area contributed by atoms with Gasteiger partial charge >= 0.3 is 0 Å². The molecule has 0 radical (unpaired) electrons. The Hall–Kier alpha value is -1.36. The lowest BCUT2D eigenvalue weighted by Gasteiger charge is -2.15. The molecular weight excluding hydrogens is 228 g/mol. The van der Waals surface area contributed by atoms with Gasteiger partial charge in [0.15, 0.2) is 0 Å². The first-order chi connectivity index (χ1) is 8.76. The maximum atomic E-state index is 5.19. The van der Waals surface area contributed by atoms with Crippen LogP contribution in [0.1, 0.15) is 18.5 Å². The highest BCUT2D eigenvalue weighted by Crippen LogP contribution is 2.21. The Bertz CT molecular complexity index is 491. The van der Waals surface area contributed by atoms with E-state index in [2.05, 4.69) is 41.6 Å². The van der Waals surface area contributed by atoms with Crippen molar-refractivity contribution in [2.45, 2.75) is 19.3 Å². The summed E-state index contributed by atoms with van der Waals surface area (Å²) in [6, 6.07) is 8.73. The van der Waals surface area contributed by atoms with Crippen LogP contribution in [0.25, 0.3) is 10.9 Å². The van der Waals surface area contributed by atoms with E-state index in [0.717, 1.165) is 6.54 Å². The lowest BCUT2D eigenvalue weighted by atomic mass is 10.1. The first-order valence-electron chi connectivity index (χ1n) is 6.21. The molecule has 0 aliphatic heterocycles. The van der Waals surface area contributed by atoms with Crippen molar-refractivity contribution in [3.05, 3.63) is 36.0 Å². The summed E-state index contributed by atoms with van der Waals surface area (Å²) < 4.78 is 10.4. The third kappa shape index (κ3) is 2.72. The smallest absolute Gasteiger partial charge is 0.206 e. The quantitative estimate of drug-likeness (QED) is 0.761. The zero-order valence-corrected chi connectivity index (χ0v) is 11.1. The van der Waals surface area contributed by atoms with Gasteiger partial charge in [0.2, 0.25) is 6.29 Å². The van der Waals surface area contributed by atoms with Gasteiger partial charge in [-0.3, -0.25) is 0 Å². The molecule has 0 spiro atoms. The summed E-state index contributed by atoms with van der Waals surface area (Å²) in [5, 5.41) is 3.51. The molecule has 4 nitrogen and oxygen atoms in total. The minimum atomic E-state index is -0.155. The minimum absolute atomic E-state index is 0.155. The summed E-state index contributed by atoms with van der Waals surface area (Å²) in [4.78, 5) is 3.30. The number of fused-ring (bicyclic) bond motifs is 1. The summed E-state index contributed by atoms with van der Waals surface area (Å²) in [5.41, 5.74) is 2.50. The van der Waals surface area contributed by atoms with Crippen LogP contribution in [0, 0.1) is 0 Å². The molecule has 3 N–H and O–H groups in total. The molecule has 0 fully saturated rings. The van der Waals surface area contributed by atoms with Gasteiger partial charge in [0.25, 0.3) is 0 Å². The Morgan fingerprint density at radius 3 is 2.67 bits per heavy atom. The Kier molecular flexibility index (Phi) is 4.36. The fourth-order valence-electron chi connectivity index (χ4n) is 2.20. The molecule has 1 atom stereocenters. The van der Waals surface area contributed by atoms with Gasteiger partial charge in [0.05, 0.1) is 0 Å². The molecule has 2 aromatic rings. The van der Waals surface area contributed by atoms with E-state index < -0.39 is 0 Å². The molecule has 0 bridgehead atoms. The fourth-order valence-corrected chi connectivity index (χ4v) is 2.20. The number of rotatable bonds is 6. The second-order valence-corrected chi connectivity index (χ2v) is 4.45. The number of hydrogen-bond acceptors (Lipinski definition) is 2. The van der Waals surface area contributed by atoms with Crippen LogP contribution >= 0.6 is 0 Å². The molecule has 98 valence electrons. The minimum Gasteiger partial charge on any atom is -0.361 e. The zero-order valence-electron chi connectivity index (χ0n) is 11.1. The monoisotopic (exact) mass is 249 g/mol. The molecular formula is C14H21N2O2+. The van der Waals surface area contributed by atoms with Crippen molar-refractivity contribution in [2.24, 2.45) is 0 Å². The first-order valence-corrected chi connectivity index (χ1v) is 6.21. The van der Waals surface area contributed by atoms with Crippen LogP contribution in [0.4, 0.5) is 0 Å². The van der Waals surface area contributed by atoms with Gasteiger partial charge < -0.3 is 19.8 Å². The summed E-state index contributed by atoms with van der Waals surface area (Å²) in [6.07, 6.45) is 1.93.